The summed E-state index contributed by atoms with van der Waals surface area (Å²) in [6.07, 6.45) is 0. The van der Waals surface area contributed by atoms with Gasteiger partial charge in [0, 0.05) is 6.04 Å². The van der Waals surface area contributed by atoms with Gasteiger partial charge in [0.1, 0.15) is 6.04 Å². The minimum absolute atomic E-state index is 0.0742. The Hall–Kier alpha value is -2.70. The summed E-state index contributed by atoms with van der Waals surface area (Å²) in [5.74, 6) is -2.33. The van der Waals surface area contributed by atoms with E-state index in [-0.39, 0.29) is 17.2 Å². The van der Waals surface area contributed by atoms with Gasteiger partial charge in [-0.1, -0.05) is 12.1 Å². The molecule has 1 heterocycles. The summed E-state index contributed by atoms with van der Waals surface area (Å²) in [7, 11) is 0. The molecule has 0 fully saturated rings. The number of benzene rings is 1. The molecule has 0 aromatic heterocycles. The van der Waals surface area contributed by atoms with Gasteiger partial charge in [-0.3, -0.25) is 19.3 Å². The number of fused-ring (bicyclic) bond motifs is 1. The van der Waals surface area contributed by atoms with Crippen molar-refractivity contribution in [2.24, 2.45) is 0 Å². The monoisotopic (exact) mass is 318 g/mol. The lowest BCUT2D eigenvalue weighted by atomic mass is 10.1. The molecule has 0 spiro atoms. The third-order valence-electron chi connectivity index (χ3n) is 3.35. The number of hydrogen-bond donors (Lipinski definition) is 1. The first-order chi connectivity index (χ1) is 10.8. The van der Waals surface area contributed by atoms with E-state index in [0.717, 1.165) is 4.90 Å². The zero-order valence-electron chi connectivity index (χ0n) is 13.2. The number of carbonyl (C=O) groups excluding carboxylic acids is 4. The Morgan fingerprint density at radius 1 is 1.09 bits per heavy atom. The van der Waals surface area contributed by atoms with Crippen molar-refractivity contribution >= 4 is 23.7 Å². The van der Waals surface area contributed by atoms with Gasteiger partial charge in [-0.25, -0.2) is 4.79 Å². The van der Waals surface area contributed by atoms with Crippen molar-refractivity contribution in [2.75, 3.05) is 6.61 Å². The first-order valence-corrected chi connectivity index (χ1v) is 7.26. The molecule has 0 aliphatic carbocycles. The van der Waals surface area contributed by atoms with E-state index in [4.69, 9.17) is 4.74 Å². The summed E-state index contributed by atoms with van der Waals surface area (Å²) in [4.78, 5) is 48.9. The lowest BCUT2D eigenvalue weighted by Gasteiger charge is -2.20. The van der Waals surface area contributed by atoms with Crippen molar-refractivity contribution in [1.82, 2.24) is 10.2 Å². The highest BCUT2D eigenvalue weighted by atomic mass is 16.5. The van der Waals surface area contributed by atoms with Crippen LogP contribution in [0.5, 0.6) is 0 Å². The largest absolute Gasteiger partial charge is 0.454 e. The summed E-state index contributed by atoms with van der Waals surface area (Å²) in [5, 5.41) is 2.57. The minimum atomic E-state index is -1.10. The van der Waals surface area contributed by atoms with Crippen LogP contribution in [0.3, 0.4) is 0 Å². The van der Waals surface area contributed by atoms with Crippen LogP contribution in [0.15, 0.2) is 24.3 Å². The van der Waals surface area contributed by atoms with Crippen LogP contribution in [-0.4, -0.2) is 47.3 Å². The Labute approximate surface area is 133 Å². The molecule has 0 bridgehead atoms. The number of hydrogen-bond acceptors (Lipinski definition) is 5. The van der Waals surface area contributed by atoms with E-state index in [2.05, 4.69) is 5.32 Å². The molecule has 2 rings (SSSR count). The van der Waals surface area contributed by atoms with Crippen LogP contribution < -0.4 is 5.32 Å². The van der Waals surface area contributed by atoms with Crippen LogP contribution in [0, 0.1) is 0 Å². The van der Waals surface area contributed by atoms with Gasteiger partial charge in [0.15, 0.2) is 6.61 Å². The highest BCUT2D eigenvalue weighted by Crippen LogP contribution is 2.24. The Balaban J connectivity index is 2.02. The number of esters is 1. The quantitative estimate of drug-likeness (QED) is 0.638. The molecule has 1 atom stereocenters. The maximum Gasteiger partial charge on any atom is 0.329 e. The zero-order valence-corrected chi connectivity index (χ0v) is 13.2. The normalized spacial score (nSPS) is 14.7. The molecule has 1 N–H and O–H groups in total. The molecule has 122 valence electrons. The van der Waals surface area contributed by atoms with Gasteiger partial charge in [-0.15, -0.1) is 0 Å². The first-order valence-electron chi connectivity index (χ1n) is 7.26. The fraction of sp³-hybridized carbons (Fsp3) is 0.375. The molecule has 1 aromatic rings. The van der Waals surface area contributed by atoms with E-state index in [9.17, 15) is 19.2 Å². The number of imide groups is 1. The predicted octanol–water partition coefficient (Wildman–Crippen LogP) is 0.739. The average Bonchev–Trinajstić information content (AvgIpc) is 2.75. The zero-order chi connectivity index (χ0) is 17.1. The fourth-order valence-corrected chi connectivity index (χ4v) is 2.29. The third-order valence-corrected chi connectivity index (χ3v) is 3.35. The topological polar surface area (TPSA) is 92.8 Å². The Morgan fingerprint density at radius 2 is 1.61 bits per heavy atom. The molecule has 7 heteroatoms. The van der Waals surface area contributed by atoms with Gasteiger partial charge >= 0.3 is 5.97 Å². The average molecular weight is 318 g/mol. The van der Waals surface area contributed by atoms with E-state index >= 15 is 0 Å². The molecule has 0 saturated heterocycles. The molecular weight excluding hydrogens is 300 g/mol. The molecule has 1 aliphatic heterocycles. The van der Waals surface area contributed by atoms with Crippen molar-refractivity contribution in [2.45, 2.75) is 32.9 Å². The number of ether oxygens (including phenoxy) is 1. The standard InChI is InChI=1S/C16H18N2O5/c1-9(2)17-13(19)8-23-16(22)10(3)18-14(20)11-6-4-5-7-12(11)15(18)21/h4-7,9-10H,8H2,1-3H3,(H,17,19)/t10-/m1/s1. The smallest absolute Gasteiger partial charge is 0.329 e. The highest BCUT2D eigenvalue weighted by molar-refractivity contribution is 6.22. The van der Waals surface area contributed by atoms with Gasteiger partial charge in [0.2, 0.25) is 0 Å². The second kappa shape index (κ2) is 6.60. The summed E-state index contributed by atoms with van der Waals surface area (Å²) in [6, 6.07) is 5.18. The fourth-order valence-electron chi connectivity index (χ4n) is 2.29. The lowest BCUT2D eigenvalue weighted by Crippen LogP contribution is -2.44. The predicted molar refractivity (Wildman–Crippen MR) is 80.6 cm³/mol. The molecule has 7 nitrogen and oxygen atoms in total. The Kier molecular flexibility index (Phi) is 4.78. The first kappa shape index (κ1) is 16.7. The minimum Gasteiger partial charge on any atom is -0.454 e. The lowest BCUT2D eigenvalue weighted by molar-refractivity contribution is -0.152. The SMILES string of the molecule is CC(C)NC(=O)COC(=O)[C@@H](C)N1C(=O)c2ccccc2C1=O. The summed E-state index contributed by atoms with van der Waals surface area (Å²) < 4.78 is 4.88. The Morgan fingerprint density at radius 3 is 2.09 bits per heavy atom. The number of rotatable bonds is 5. The molecule has 1 aliphatic rings. The molecule has 1 aromatic carbocycles. The van der Waals surface area contributed by atoms with Gasteiger partial charge in [-0.2, -0.15) is 0 Å². The van der Waals surface area contributed by atoms with E-state index in [1.807, 2.05) is 0 Å². The number of nitrogens with one attached hydrogen (secondary N) is 1. The van der Waals surface area contributed by atoms with Crippen molar-refractivity contribution in [3.05, 3.63) is 35.4 Å². The molecule has 0 unspecified atom stereocenters. The number of nitrogens with zero attached hydrogens (tertiary/aromatic N) is 1. The maximum atomic E-state index is 12.3. The Bertz CT molecular complexity index is 633. The number of carbonyl (C=O) groups is 4. The van der Waals surface area contributed by atoms with Crippen molar-refractivity contribution in [3.63, 3.8) is 0 Å². The number of amides is 3. The van der Waals surface area contributed by atoms with Crippen LogP contribution in [0.1, 0.15) is 41.5 Å². The second-order valence-electron chi connectivity index (χ2n) is 5.53. The van der Waals surface area contributed by atoms with Crippen molar-refractivity contribution < 1.29 is 23.9 Å². The van der Waals surface area contributed by atoms with Crippen LogP contribution in [0.2, 0.25) is 0 Å². The summed E-state index contributed by atoms with van der Waals surface area (Å²) in [6.45, 7) is 4.50. The molecule has 0 saturated carbocycles. The van der Waals surface area contributed by atoms with E-state index in [0.29, 0.717) is 0 Å². The molecule has 3 amide bonds. The maximum absolute atomic E-state index is 12.3. The van der Waals surface area contributed by atoms with Gasteiger partial charge in [-0.05, 0) is 32.9 Å². The summed E-state index contributed by atoms with van der Waals surface area (Å²) in [5.41, 5.74) is 0.518. The van der Waals surface area contributed by atoms with Crippen LogP contribution in [0.25, 0.3) is 0 Å². The van der Waals surface area contributed by atoms with Crippen molar-refractivity contribution in [1.29, 1.82) is 0 Å². The second-order valence-corrected chi connectivity index (χ2v) is 5.53. The van der Waals surface area contributed by atoms with Gasteiger partial charge in [0.25, 0.3) is 17.7 Å². The van der Waals surface area contributed by atoms with Crippen LogP contribution in [0.4, 0.5) is 0 Å². The molecular formula is C16H18N2O5. The molecule has 23 heavy (non-hydrogen) atoms. The van der Waals surface area contributed by atoms with E-state index in [1.165, 1.54) is 19.1 Å². The van der Waals surface area contributed by atoms with E-state index in [1.54, 1.807) is 26.0 Å². The van der Waals surface area contributed by atoms with Crippen LogP contribution in [-0.2, 0) is 14.3 Å². The van der Waals surface area contributed by atoms with Crippen LogP contribution >= 0.6 is 0 Å². The highest BCUT2D eigenvalue weighted by Gasteiger charge is 2.41. The van der Waals surface area contributed by atoms with E-state index < -0.39 is 36.3 Å². The van der Waals surface area contributed by atoms with Gasteiger partial charge < -0.3 is 10.1 Å². The third kappa shape index (κ3) is 3.39. The molecule has 0 radical (unpaired) electrons. The van der Waals surface area contributed by atoms with Gasteiger partial charge in [0.05, 0.1) is 11.1 Å². The van der Waals surface area contributed by atoms with Crippen molar-refractivity contribution in [3.8, 4) is 0 Å². The summed E-state index contributed by atoms with van der Waals surface area (Å²) >= 11 is 0.